The third-order valence-electron chi connectivity index (χ3n) is 4.49. The van der Waals surface area contributed by atoms with Crippen LogP contribution >= 0.6 is 11.3 Å². The SMILES string of the molecule is CC(=O)Nc1nc2c(s1)-c1nc(OC3CCCCC3)ncc1CC2. The summed E-state index contributed by atoms with van der Waals surface area (Å²) >= 11 is 1.47. The number of hydrogen-bond donors (Lipinski definition) is 1. The predicted molar refractivity (Wildman–Crippen MR) is 92.4 cm³/mol. The Balaban J connectivity index is 1.61. The second-order valence-electron chi connectivity index (χ2n) is 6.38. The molecule has 7 heteroatoms. The second kappa shape index (κ2) is 6.47. The van der Waals surface area contributed by atoms with Crippen molar-refractivity contribution in [1.82, 2.24) is 15.0 Å². The van der Waals surface area contributed by atoms with Crippen molar-refractivity contribution < 1.29 is 9.53 Å². The highest BCUT2D eigenvalue weighted by molar-refractivity contribution is 7.19. The van der Waals surface area contributed by atoms with Crippen molar-refractivity contribution in [3.63, 3.8) is 0 Å². The summed E-state index contributed by atoms with van der Waals surface area (Å²) in [6.45, 7) is 1.49. The number of aromatic nitrogens is 3. The van der Waals surface area contributed by atoms with Crippen LogP contribution in [0.2, 0.25) is 0 Å². The van der Waals surface area contributed by atoms with Crippen molar-refractivity contribution in [3.8, 4) is 16.6 Å². The number of nitrogens with zero attached hydrogens (tertiary/aromatic N) is 3. The van der Waals surface area contributed by atoms with Crippen molar-refractivity contribution in [3.05, 3.63) is 17.5 Å². The molecule has 126 valence electrons. The van der Waals surface area contributed by atoms with E-state index in [0.717, 1.165) is 47.5 Å². The summed E-state index contributed by atoms with van der Waals surface area (Å²) in [6, 6.07) is 0.461. The molecular weight excluding hydrogens is 324 g/mol. The molecule has 1 fully saturated rings. The van der Waals surface area contributed by atoms with E-state index in [2.05, 4.69) is 20.3 Å². The number of ether oxygens (including phenoxy) is 1. The van der Waals surface area contributed by atoms with Crippen molar-refractivity contribution >= 4 is 22.4 Å². The molecule has 0 radical (unpaired) electrons. The van der Waals surface area contributed by atoms with Gasteiger partial charge in [-0.25, -0.2) is 9.97 Å². The van der Waals surface area contributed by atoms with Crippen LogP contribution in [-0.2, 0) is 17.6 Å². The Morgan fingerprint density at radius 1 is 1.25 bits per heavy atom. The maximum atomic E-state index is 11.3. The Kier molecular flexibility index (Phi) is 4.18. The lowest BCUT2D eigenvalue weighted by atomic mass is 9.98. The summed E-state index contributed by atoms with van der Waals surface area (Å²) in [6.07, 6.45) is 9.72. The van der Waals surface area contributed by atoms with Gasteiger partial charge in [0.25, 0.3) is 0 Å². The molecule has 2 aromatic rings. The summed E-state index contributed by atoms with van der Waals surface area (Å²) in [5, 5.41) is 3.40. The van der Waals surface area contributed by atoms with E-state index >= 15 is 0 Å². The Bertz CT molecular complexity index is 768. The summed E-state index contributed by atoms with van der Waals surface area (Å²) in [5.74, 6) is -0.106. The average Bonchev–Trinajstić information content (AvgIpc) is 2.98. The van der Waals surface area contributed by atoms with Crippen LogP contribution < -0.4 is 10.1 Å². The van der Waals surface area contributed by atoms with Gasteiger partial charge in [-0.1, -0.05) is 17.8 Å². The number of anilines is 1. The topological polar surface area (TPSA) is 77.0 Å². The maximum absolute atomic E-state index is 11.3. The highest BCUT2D eigenvalue weighted by Crippen LogP contribution is 2.39. The highest BCUT2D eigenvalue weighted by atomic mass is 32.1. The summed E-state index contributed by atoms with van der Waals surface area (Å²) in [5.41, 5.74) is 3.03. The first kappa shape index (κ1) is 15.5. The monoisotopic (exact) mass is 344 g/mol. The Morgan fingerprint density at radius 3 is 2.88 bits per heavy atom. The number of thiazole rings is 1. The molecule has 1 amide bonds. The molecule has 2 aromatic heterocycles. The van der Waals surface area contributed by atoms with Gasteiger partial charge >= 0.3 is 6.01 Å². The Morgan fingerprint density at radius 2 is 2.08 bits per heavy atom. The van der Waals surface area contributed by atoms with Crippen LogP contribution in [0, 0.1) is 0 Å². The van der Waals surface area contributed by atoms with E-state index in [9.17, 15) is 4.79 Å². The molecule has 0 atom stereocenters. The lowest BCUT2D eigenvalue weighted by molar-refractivity contribution is -0.114. The number of fused-ring (bicyclic) bond motifs is 3. The van der Waals surface area contributed by atoms with Crippen LogP contribution in [0.1, 0.15) is 50.3 Å². The van der Waals surface area contributed by atoms with E-state index in [0.29, 0.717) is 11.1 Å². The molecule has 0 saturated heterocycles. The van der Waals surface area contributed by atoms with Crippen molar-refractivity contribution in [1.29, 1.82) is 0 Å². The minimum Gasteiger partial charge on any atom is -0.460 e. The van der Waals surface area contributed by atoms with E-state index < -0.39 is 0 Å². The first-order chi connectivity index (χ1) is 11.7. The summed E-state index contributed by atoms with van der Waals surface area (Å²) in [7, 11) is 0. The van der Waals surface area contributed by atoms with Gasteiger partial charge in [-0.15, -0.1) is 0 Å². The number of nitrogens with one attached hydrogen (secondary N) is 1. The first-order valence-corrected chi connectivity index (χ1v) is 9.31. The van der Waals surface area contributed by atoms with Gasteiger partial charge in [0, 0.05) is 13.1 Å². The molecule has 0 aliphatic heterocycles. The average molecular weight is 344 g/mol. The lowest BCUT2D eigenvalue weighted by Gasteiger charge is -2.22. The van der Waals surface area contributed by atoms with Gasteiger partial charge in [-0.2, -0.15) is 4.98 Å². The molecule has 2 heterocycles. The number of carbonyl (C=O) groups excluding carboxylic acids is 1. The van der Waals surface area contributed by atoms with Crippen LogP contribution in [0.5, 0.6) is 6.01 Å². The van der Waals surface area contributed by atoms with Crippen LogP contribution in [0.15, 0.2) is 6.20 Å². The lowest BCUT2D eigenvalue weighted by Crippen LogP contribution is -2.21. The predicted octanol–water partition coefficient (Wildman–Crippen LogP) is 3.37. The summed E-state index contributed by atoms with van der Waals surface area (Å²) < 4.78 is 6.00. The quantitative estimate of drug-likeness (QED) is 0.924. The minimum atomic E-state index is -0.106. The van der Waals surface area contributed by atoms with Gasteiger partial charge in [0.2, 0.25) is 5.91 Å². The highest BCUT2D eigenvalue weighted by Gasteiger charge is 2.24. The zero-order valence-electron chi connectivity index (χ0n) is 13.7. The maximum Gasteiger partial charge on any atom is 0.317 e. The molecule has 4 rings (SSSR count). The number of carbonyl (C=O) groups is 1. The van der Waals surface area contributed by atoms with Crippen molar-refractivity contribution in [2.45, 2.75) is 58.0 Å². The number of rotatable bonds is 3. The van der Waals surface area contributed by atoms with Crippen LogP contribution in [0.25, 0.3) is 10.6 Å². The molecule has 24 heavy (non-hydrogen) atoms. The number of amides is 1. The molecule has 1 saturated carbocycles. The van der Waals surface area contributed by atoms with Crippen LogP contribution in [0.4, 0.5) is 5.13 Å². The van der Waals surface area contributed by atoms with Gasteiger partial charge in [-0.3, -0.25) is 4.79 Å². The second-order valence-corrected chi connectivity index (χ2v) is 7.38. The molecule has 2 aliphatic carbocycles. The van der Waals surface area contributed by atoms with Gasteiger partial charge < -0.3 is 10.1 Å². The third kappa shape index (κ3) is 3.13. The number of hydrogen-bond acceptors (Lipinski definition) is 6. The van der Waals surface area contributed by atoms with E-state index in [-0.39, 0.29) is 12.0 Å². The first-order valence-electron chi connectivity index (χ1n) is 8.49. The standard InChI is InChI=1S/C17H20N4O2S/c1-10(22)19-17-20-13-8-7-11-9-18-16(21-14(11)15(13)24-17)23-12-5-3-2-4-6-12/h9,12H,2-8H2,1H3,(H,19,20,22). The summed E-state index contributed by atoms with van der Waals surface area (Å²) in [4.78, 5) is 25.9. The molecule has 0 spiro atoms. The smallest absolute Gasteiger partial charge is 0.317 e. The molecule has 0 aromatic carbocycles. The van der Waals surface area contributed by atoms with Crippen molar-refractivity contribution in [2.75, 3.05) is 5.32 Å². The molecule has 0 bridgehead atoms. The molecule has 0 unspecified atom stereocenters. The zero-order valence-corrected chi connectivity index (χ0v) is 14.5. The fourth-order valence-corrected chi connectivity index (χ4v) is 4.41. The van der Waals surface area contributed by atoms with E-state index in [1.165, 1.54) is 37.5 Å². The van der Waals surface area contributed by atoms with Gasteiger partial charge in [0.05, 0.1) is 16.3 Å². The van der Waals surface area contributed by atoms with Crippen LogP contribution in [-0.4, -0.2) is 27.0 Å². The zero-order chi connectivity index (χ0) is 16.5. The van der Waals surface area contributed by atoms with Crippen molar-refractivity contribution in [2.24, 2.45) is 0 Å². The Labute approximate surface area is 144 Å². The van der Waals surface area contributed by atoms with E-state index in [1.807, 2.05) is 6.20 Å². The van der Waals surface area contributed by atoms with Gasteiger partial charge in [0.1, 0.15) is 6.10 Å². The largest absolute Gasteiger partial charge is 0.460 e. The molecule has 2 aliphatic rings. The molecule has 6 nitrogen and oxygen atoms in total. The fraction of sp³-hybridized carbons (Fsp3) is 0.529. The Hall–Kier alpha value is -2.02. The molecular formula is C17H20N4O2S. The fourth-order valence-electron chi connectivity index (χ4n) is 3.32. The normalized spacial score (nSPS) is 17.0. The van der Waals surface area contributed by atoms with E-state index in [1.54, 1.807) is 0 Å². The molecule has 1 N–H and O–H groups in total. The number of aryl methyl sites for hydroxylation is 2. The van der Waals surface area contributed by atoms with Gasteiger partial charge in [0.15, 0.2) is 5.13 Å². The van der Waals surface area contributed by atoms with Gasteiger partial charge in [-0.05, 0) is 44.1 Å². The van der Waals surface area contributed by atoms with Crippen LogP contribution in [0.3, 0.4) is 0 Å². The minimum absolute atomic E-state index is 0.106. The third-order valence-corrected chi connectivity index (χ3v) is 5.51. The van der Waals surface area contributed by atoms with E-state index in [4.69, 9.17) is 4.74 Å².